The Bertz CT molecular complexity index is 698. The molecular formula is C15H19N3O3S. The SMILES string of the molecule is CCCS(=O)(=O)c1ccc(NCc2ccc(OC)cc2)nn1. The number of methoxy groups -OCH3 is 1. The van der Waals surface area contributed by atoms with E-state index >= 15 is 0 Å². The van der Waals surface area contributed by atoms with E-state index in [4.69, 9.17) is 4.74 Å². The van der Waals surface area contributed by atoms with Gasteiger partial charge in [0.25, 0.3) is 0 Å². The molecule has 0 aliphatic rings. The van der Waals surface area contributed by atoms with Crippen LogP contribution in [-0.2, 0) is 16.4 Å². The molecule has 7 heteroatoms. The molecule has 1 N–H and O–H groups in total. The Morgan fingerprint density at radius 1 is 1.09 bits per heavy atom. The number of sulfone groups is 1. The zero-order chi connectivity index (χ0) is 16.0. The molecule has 2 aromatic rings. The van der Waals surface area contributed by atoms with E-state index in [2.05, 4.69) is 15.5 Å². The van der Waals surface area contributed by atoms with Crippen LogP contribution in [0.15, 0.2) is 41.4 Å². The lowest BCUT2D eigenvalue weighted by molar-refractivity contribution is 0.414. The third kappa shape index (κ3) is 4.17. The molecule has 0 saturated carbocycles. The lowest BCUT2D eigenvalue weighted by Crippen LogP contribution is -2.10. The molecule has 0 aliphatic carbocycles. The zero-order valence-corrected chi connectivity index (χ0v) is 13.4. The van der Waals surface area contributed by atoms with Crippen LogP contribution in [-0.4, -0.2) is 31.5 Å². The molecule has 0 unspecified atom stereocenters. The predicted molar refractivity (Wildman–Crippen MR) is 84.7 cm³/mol. The fraction of sp³-hybridized carbons (Fsp3) is 0.333. The Hall–Kier alpha value is -2.15. The average molecular weight is 321 g/mol. The average Bonchev–Trinajstić information content (AvgIpc) is 2.54. The summed E-state index contributed by atoms with van der Waals surface area (Å²) in [6, 6.07) is 10.7. The van der Waals surface area contributed by atoms with Crippen molar-refractivity contribution in [2.45, 2.75) is 24.9 Å². The van der Waals surface area contributed by atoms with Crippen molar-refractivity contribution >= 4 is 15.7 Å². The van der Waals surface area contributed by atoms with Crippen molar-refractivity contribution in [1.29, 1.82) is 0 Å². The van der Waals surface area contributed by atoms with Crippen LogP contribution >= 0.6 is 0 Å². The topological polar surface area (TPSA) is 81.2 Å². The van der Waals surface area contributed by atoms with Gasteiger partial charge in [-0.05, 0) is 36.2 Å². The van der Waals surface area contributed by atoms with Gasteiger partial charge in [0.15, 0.2) is 14.9 Å². The molecule has 0 radical (unpaired) electrons. The first kappa shape index (κ1) is 16.2. The smallest absolute Gasteiger partial charge is 0.197 e. The molecule has 0 atom stereocenters. The van der Waals surface area contributed by atoms with Crippen LogP contribution in [0, 0.1) is 0 Å². The second-order valence-electron chi connectivity index (χ2n) is 4.78. The maximum atomic E-state index is 11.8. The third-order valence-corrected chi connectivity index (χ3v) is 4.86. The number of benzene rings is 1. The summed E-state index contributed by atoms with van der Waals surface area (Å²) in [4.78, 5) is 0. The van der Waals surface area contributed by atoms with Crippen molar-refractivity contribution < 1.29 is 13.2 Å². The molecule has 1 aromatic carbocycles. The van der Waals surface area contributed by atoms with Crippen molar-refractivity contribution in [2.24, 2.45) is 0 Å². The van der Waals surface area contributed by atoms with Crippen LogP contribution in [0.5, 0.6) is 5.75 Å². The summed E-state index contributed by atoms with van der Waals surface area (Å²) in [5.41, 5.74) is 1.06. The van der Waals surface area contributed by atoms with Gasteiger partial charge in [0, 0.05) is 6.54 Å². The summed E-state index contributed by atoms with van der Waals surface area (Å²) in [6.07, 6.45) is 0.557. The number of rotatable bonds is 7. The van der Waals surface area contributed by atoms with Gasteiger partial charge < -0.3 is 10.1 Å². The van der Waals surface area contributed by atoms with Gasteiger partial charge in [-0.15, -0.1) is 10.2 Å². The van der Waals surface area contributed by atoms with Gasteiger partial charge in [-0.25, -0.2) is 8.42 Å². The number of anilines is 1. The maximum absolute atomic E-state index is 11.8. The van der Waals surface area contributed by atoms with Crippen molar-refractivity contribution in [3.8, 4) is 5.75 Å². The van der Waals surface area contributed by atoms with Crippen molar-refractivity contribution in [1.82, 2.24) is 10.2 Å². The van der Waals surface area contributed by atoms with E-state index in [1.165, 1.54) is 6.07 Å². The van der Waals surface area contributed by atoms with Gasteiger partial charge in [0.05, 0.1) is 12.9 Å². The number of nitrogens with one attached hydrogen (secondary N) is 1. The minimum atomic E-state index is -3.32. The molecule has 0 fully saturated rings. The van der Waals surface area contributed by atoms with Crippen LogP contribution in [0.3, 0.4) is 0 Å². The highest BCUT2D eigenvalue weighted by molar-refractivity contribution is 7.91. The van der Waals surface area contributed by atoms with Gasteiger partial charge in [0.2, 0.25) is 0 Å². The van der Waals surface area contributed by atoms with E-state index in [1.54, 1.807) is 13.2 Å². The Balaban J connectivity index is 1.99. The number of ether oxygens (including phenoxy) is 1. The van der Waals surface area contributed by atoms with Crippen LogP contribution in [0.2, 0.25) is 0 Å². The number of hydrogen-bond donors (Lipinski definition) is 1. The molecule has 1 heterocycles. The third-order valence-electron chi connectivity index (χ3n) is 3.06. The molecule has 0 spiro atoms. The predicted octanol–water partition coefficient (Wildman–Crippen LogP) is 2.28. The van der Waals surface area contributed by atoms with E-state index in [1.807, 2.05) is 31.2 Å². The van der Waals surface area contributed by atoms with Crippen molar-refractivity contribution in [3.05, 3.63) is 42.0 Å². The van der Waals surface area contributed by atoms with Crippen LogP contribution < -0.4 is 10.1 Å². The number of aromatic nitrogens is 2. The van der Waals surface area contributed by atoms with Gasteiger partial charge in [-0.1, -0.05) is 19.1 Å². The normalized spacial score (nSPS) is 11.2. The number of nitrogens with zero attached hydrogens (tertiary/aromatic N) is 2. The summed E-state index contributed by atoms with van der Waals surface area (Å²) in [7, 11) is -1.70. The molecule has 0 amide bonds. The van der Waals surface area contributed by atoms with Crippen LogP contribution in [0.4, 0.5) is 5.82 Å². The van der Waals surface area contributed by atoms with Crippen molar-refractivity contribution in [3.63, 3.8) is 0 Å². The second-order valence-corrected chi connectivity index (χ2v) is 6.83. The van der Waals surface area contributed by atoms with Crippen molar-refractivity contribution in [2.75, 3.05) is 18.2 Å². The van der Waals surface area contributed by atoms with E-state index in [0.717, 1.165) is 11.3 Å². The van der Waals surface area contributed by atoms with E-state index in [9.17, 15) is 8.42 Å². The Morgan fingerprint density at radius 3 is 2.36 bits per heavy atom. The molecular weight excluding hydrogens is 302 g/mol. The van der Waals surface area contributed by atoms with E-state index < -0.39 is 9.84 Å². The fourth-order valence-electron chi connectivity index (χ4n) is 1.89. The zero-order valence-electron chi connectivity index (χ0n) is 12.6. The van der Waals surface area contributed by atoms with Gasteiger partial charge >= 0.3 is 0 Å². The number of hydrogen-bond acceptors (Lipinski definition) is 6. The first-order chi connectivity index (χ1) is 10.5. The van der Waals surface area contributed by atoms with Gasteiger partial charge in [-0.2, -0.15) is 0 Å². The summed E-state index contributed by atoms with van der Waals surface area (Å²) in [5, 5.41) is 10.8. The lowest BCUT2D eigenvalue weighted by Gasteiger charge is -2.07. The molecule has 6 nitrogen and oxygen atoms in total. The van der Waals surface area contributed by atoms with Crippen LogP contribution in [0.25, 0.3) is 0 Å². The van der Waals surface area contributed by atoms with Crippen LogP contribution in [0.1, 0.15) is 18.9 Å². The monoisotopic (exact) mass is 321 g/mol. The van der Waals surface area contributed by atoms with Gasteiger partial charge in [-0.3, -0.25) is 0 Å². The fourth-order valence-corrected chi connectivity index (χ4v) is 3.08. The standard InChI is InChI=1S/C15H19N3O3S/c1-3-10-22(19,20)15-9-8-14(17-18-15)16-11-12-4-6-13(21-2)7-5-12/h4-9H,3,10-11H2,1-2H3,(H,16,17). The lowest BCUT2D eigenvalue weighted by atomic mass is 10.2. The quantitative estimate of drug-likeness (QED) is 0.842. The summed E-state index contributed by atoms with van der Waals surface area (Å²) in [5.74, 6) is 1.42. The van der Waals surface area contributed by atoms with Gasteiger partial charge in [0.1, 0.15) is 11.6 Å². The summed E-state index contributed by atoms with van der Waals surface area (Å²) >= 11 is 0. The molecule has 0 bridgehead atoms. The summed E-state index contributed by atoms with van der Waals surface area (Å²) < 4.78 is 28.8. The Labute approximate surface area is 130 Å². The largest absolute Gasteiger partial charge is 0.497 e. The molecule has 22 heavy (non-hydrogen) atoms. The summed E-state index contributed by atoms with van der Waals surface area (Å²) in [6.45, 7) is 2.38. The highest BCUT2D eigenvalue weighted by Gasteiger charge is 2.15. The molecule has 2 rings (SSSR count). The molecule has 0 saturated heterocycles. The first-order valence-corrected chi connectivity index (χ1v) is 8.63. The highest BCUT2D eigenvalue weighted by atomic mass is 32.2. The maximum Gasteiger partial charge on any atom is 0.197 e. The first-order valence-electron chi connectivity index (χ1n) is 6.98. The second kappa shape index (κ2) is 7.22. The van der Waals surface area contributed by atoms with E-state index in [-0.39, 0.29) is 10.8 Å². The Morgan fingerprint density at radius 2 is 1.82 bits per heavy atom. The Kier molecular flexibility index (Phi) is 5.32. The molecule has 1 aromatic heterocycles. The molecule has 0 aliphatic heterocycles. The minimum Gasteiger partial charge on any atom is -0.497 e. The highest BCUT2D eigenvalue weighted by Crippen LogP contribution is 2.14. The van der Waals surface area contributed by atoms with E-state index in [0.29, 0.717) is 18.8 Å². The minimum absolute atomic E-state index is 0.0179. The molecule has 118 valence electrons.